The Hall–Kier alpha value is -2.26. The highest BCUT2D eigenvalue weighted by molar-refractivity contribution is 7.82. The number of thiazole rings is 1. The summed E-state index contributed by atoms with van der Waals surface area (Å²) >= 11 is 5.73. The van der Waals surface area contributed by atoms with Gasteiger partial charge in [-0.15, -0.1) is 24.0 Å². The van der Waals surface area contributed by atoms with E-state index in [-0.39, 0.29) is 11.7 Å². The lowest BCUT2D eigenvalue weighted by atomic mass is 9.98. The number of benzene rings is 2. The molecular weight excluding hydrogens is 416 g/mol. The maximum atomic E-state index is 13.3. The molecule has 0 aliphatic heterocycles. The molecule has 1 heterocycles. The minimum atomic E-state index is -0.730. The molecule has 0 spiro atoms. The van der Waals surface area contributed by atoms with Crippen molar-refractivity contribution in [3.63, 3.8) is 0 Å². The Morgan fingerprint density at radius 3 is 2.67 bits per heavy atom. The number of Topliss-reactive ketones (excluding diaryl/α,β-unsaturated/α-hetero) is 1. The molecule has 3 rings (SSSR count). The molecule has 0 radical (unpaired) electrons. The van der Waals surface area contributed by atoms with Crippen LogP contribution in [0.3, 0.4) is 0 Å². The molecule has 0 aliphatic carbocycles. The van der Waals surface area contributed by atoms with Crippen molar-refractivity contribution in [1.82, 2.24) is 15.6 Å². The van der Waals surface area contributed by atoms with E-state index in [0.29, 0.717) is 28.3 Å². The van der Waals surface area contributed by atoms with Crippen LogP contribution < -0.4 is 16.4 Å². The van der Waals surface area contributed by atoms with Gasteiger partial charge in [0.05, 0.1) is 22.3 Å². The number of carbonyl (C=O) groups is 2. The zero-order chi connectivity index (χ0) is 21.5. The summed E-state index contributed by atoms with van der Waals surface area (Å²) in [6, 6.07) is 13.7. The monoisotopic (exact) mass is 442 g/mol. The number of nitrogens with zero attached hydrogens (tertiary/aromatic N) is 1. The Labute approximate surface area is 185 Å². The summed E-state index contributed by atoms with van der Waals surface area (Å²) in [4.78, 5) is 30.5. The molecule has 0 fully saturated rings. The summed E-state index contributed by atoms with van der Waals surface area (Å²) in [5.74, 6) is -0.488. The van der Waals surface area contributed by atoms with E-state index < -0.39 is 12.1 Å². The molecule has 0 saturated heterocycles. The van der Waals surface area contributed by atoms with Crippen molar-refractivity contribution < 1.29 is 9.59 Å². The van der Waals surface area contributed by atoms with E-state index in [1.54, 1.807) is 6.07 Å². The normalized spacial score (nSPS) is 13.2. The number of carbonyl (C=O) groups excluding carboxylic acids is 2. The molecule has 1 amide bonds. The first-order chi connectivity index (χ1) is 14.5. The van der Waals surface area contributed by atoms with Gasteiger partial charge in [-0.2, -0.15) is 0 Å². The molecule has 3 aromatic rings. The van der Waals surface area contributed by atoms with Crippen LogP contribution in [0.2, 0.25) is 0 Å². The van der Waals surface area contributed by atoms with E-state index in [1.807, 2.05) is 49.5 Å². The van der Waals surface area contributed by atoms with E-state index in [1.165, 1.54) is 11.3 Å². The molecule has 1 aromatic heterocycles. The van der Waals surface area contributed by atoms with E-state index in [4.69, 9.17) is 5.73 Å². The van der Waals surface area contributed by atoms with Gasteiger partial charge < -0.3 is 16.4 Å². The number of aromatic nitrogens is 1. The third kappa shape index (κ3) is 5.66. The standard InChI is InChI=1S/C22H26N4O2S2/c1-24-12-6-10-17(25-21(28)16(23)13-14-7-3-2-4-8-14)20(27)15-9-5-11-18-19(15)26-22(29)30-18/h2-5,7-9,11,16-17,24H,6,10,12-13,23H2,1H3,(H,25,28)(H,26,29)/t16-,17+/m1/s1. The van der Waals surface area contributed by atoms with Crippen LogP contribution in [0.1, 0.15) is 28.8 Å². The highest BCUT2D eigenvalue weighted by Crippen LogP contribution is 2.28. The topological polar surface area (TPSA) is 97.1 Å². The first-order valence-corrected chi connectivity index (χ1v) is 11.1. The second-order valence-corrected chi connectivity index (χ2v) is 8.87. The van der Waals surface area contributed by atoms with Crippen molar-refractivity contribution in [3.05, 3.63) is 59.7 Å². The number of hydrogen-bond donors (Lipinski definition) is 4. The van der Waals surface area contributed by atoms with Crippen molar-refractivity contribution in [1.29, 1.82) is 0 Å². The zero-order valence-electron chi connectivity index (χ0n) is 16.8. The SMILES string of the molecule is CNCCC[C@H](NC(=O)[C@H](N)Cc1ccccc1)C(=O)c1cccc2sc(S)nc12. The lowest BCUT2D eigenvalue weighted by Gasteiger charge is -2.20. The van der Waals surface area contributed by atoms with Gasteiger partial charge in [-0.1, -0.05) is 36.4 Å². The number of nitrogens with two attached hydrogens (primary N) is 1. The average molecular weight is 443 g/mol. The van der Waals surface area contributed by atoms with Crippen LogP contribution in [-0.4, -0.2) is 42.4 Å². The Kier molecular flexibility index (Phi) is 7.98. The minimum absolute atomic E-state index is 0.157. The number of hydrogen-bond acceptors (Lipinski definition) is 7. The Bertz CT molecular complexity index is 1010. The summed E-state index contributed by atoms with van der Waals surface area (Å²) in [6.07, 6.45) is 1.67. The molecule has 30 heavy (non-hydrogen) atoms. The van der Waals surface area contributed by atoms with Crippen LogP contribution in [0.25, 0.3) is 10.2 Å². The van der Waals surface area contributed by atoms with Gasteiger partial charge in [0.1, 0.15) is 4.34 Å². The highest BCUT2D eigenvalue weighted by atomic mass is 32.2. The van der Waals surface area contributed by atoms with Crippen LogP contribution in [0, 0.1) is 0 Å². The molecular formula is C22H26N4O2S2. The molecule has 0 bridgehead atoms. The lowest BCUT2D eigenvalue weighted by Crippen LogP contribution is -2.49. The summed E-state index contributed by atoms with van der Waals surface area (Å²) in [5.41, 5.74) is 8.23. The number of amides is 1. The van der Waals surface area contributed by atoms with Crippen molar-refractivity contribution in [2.75, 3.05) is 13.6 Å². The summed E-state index contributed by atoms with van der Waals surface area (Å²) in [6.45, 7) is 0.747. The summed E-state index contributed by atoms with van der Waals surface area (Å²) in [5, 5.41) is 5.95. The number of ketones is 1. The molecule has 2 atom stereocenters. The largest absolute Gasteiger partial charge is 0.345 e. The van der Waals surface area contributed by atoms with E-state index in [2.05, 4.69) is 28.2 Å². The van der Waals surface area contributed by atoms with Gasteiger partial charge in [0.2, 0.25) is 5.91 Å². The number of rotatable bonds is 10. The minimum Gasteiger partial charge on any atom is -0.345 e. The summed E-state index contributed by atoms with van der Waals surface area (Å²) in [7, 11) is 1.86. The highest BCUT2D eigenvalue weighted by Gasteiger charge is 2.26. The molecule has 158 valence electrons. The Balaban J connectivity index is 1.77. The third-order valence-electron chi connectivity index (χ3n) is 4.86. The quantitative estimate of drug-likeness (QED) is 0.220. The van der Waals surface area contributed by atoms with Crippen LogP contribution in [0.15, 0.2) is 52.9 Å². The first-order valence-electron chi connectivity index (χ1n) is 9.86. The van der Waals surface area contributed by atoms with Crippen molar-refractivity contribution in [2.45, 2.75) is 35.7 Å². The first kappa shape index (κ1) is 22.4. The van der Waals surface area contributed by atoms with Crippen LogP contribution >= 0.6 is 24.0 Å². The molecule has 2 aromatic carbocycles. The van der Waals surface area contributed by atoms with Crippen LogP contribution in [0.4, 0.5) is 0 Å². The predicted molar refractivity (Wildman–Crippen MR) is 124 cm³/mol. The van der Waals surface area contributed by atoms with Crippen molar-refractivity contribution >= 4 is 45.9 Å². The molecule has 6 nitrogen and oxygen atoms in total. The number of para-hydroxylation sites is 1. The zero-order valence-corrected chi connectivity index (χ0v) is 18.5. The maximum Gasteiger partial charge on any atom is 0.237 e. The van der Waals surface area contributed by atoms with Gasteiger partial charge in [0, 0.05) is 5.56 Å². The van der Waals surface area contributed by atoms with E-state index in [9.17, 15) is 9.59 Å². The van der Waals surface area contributed by atoms with Crippen molar-refractivity contribution in [3.8, 4) is 0 Å². The fraction of sp³-hybridized carbons (Fsp3) is 0.318. The average Bonchev–Trinajstić information content (AvgIpc) is 3.13. The smallest absolute Gasteiger partial charge is 0.237 e. The second-order valence-electron chi connectivity index (χ2n) is 7.12. The van der Waals surface area contributed by atoms with Crippen LogP contribution in [0.5, 0.6) is 0 Å². The summed E-state index contributed by atoms with van der Waals surface area (Å²) < 4.78 is 1.50. The molecule has 8 heteroatoms. The molecule has 0 unspecified atom stereocenters. The Morgan fingerprint density at radius 1 is 1.17 bits per heavy atom. The van der Waals surface area contributed by atoms with Gasteiger partial charge in [-0.3, -0.25) is 9.59 Å². The predicted octanol–water partition coefficient (Wildman–Crippen LogP) is 2.82. The molecule has 0 saturated carbocycles. The number of nitrogens with one attached hydrogen (secondary N) is 2. The van der Waals surface area contributed by atoms with Gasteiger partial charge in [0.25, 0.3) is 0 Å². The van der Waals surface area contributed by atoms with E-state index in [0.717, 1.165) is 23.2 Å². The van der Waals surface area contributed by atoms with Crippen LogP contribution in [-0.2, 0) is 11.2 Å². The van der Waals surface area contributed by atoms with Crippen molar-refractivity contribution in [2.24, 2.45) is 5.73 Å². The lowest BCUT2D eigenvalue weighted by molar-refractivity contribution is -0.122. The molecule has 0 aliphatic rings. The third-order valence-corrected chi connectivity index (χ3v) is 6.06. The van der Waals surface area contributed by atoms with Gasteiger partial charge >= 0.3 is 0 Å². The Morgan fingerprint density at radius 2 is 1.93 bits per heavy atom. The fourth-order valence-electron chi connectivity index (χ4n) is 3.31. The van der Waals surface area contributed by atoms with Gasteiger partial charge in [-0.25, -0.2) is 4.98 Å². The second kappa shape index (κ2) is 10.7. The van der Waals surface area contributed by atoms with E-state index >= 15 is 0 Å². The number of fused-ring (bicyclic) bond motifs is 1. The fourth-order valence-corrected chi connectivity index (χ4v) is 4.44. The number of thiol groups is 1. The van der Waals surface area contributed by atoms with Gasteiger partial charge in [-0.05, 0) is 50.6 Å². The maximum absolute atomic E-state index is 13.3. The van der Waals surface area contributed by atoms with Gasteiger partial charge in [0.15, 0.2) is 5.78 Å². The molecule has 4 N–H and O–H groups in total.